The van der Waals surface area contributed by atoms with Crippen LogP contribution in [0.4, 0.5) is 0 Å². The Balaban J connectivity index is 2.15. The molecule has 1 atom stereocenters. The maximum atomic E-state index is 5.68. The molecule has 1 aliphatic carbocycles. The first-order chi connectivity index (χ1) is 13.7. The molecule has 0 aromatic heterocycles. The molecule has 0 spiro atoms. The van der Waals surface area contributed by atoms with E-state index >= 15 is 0 Å². The highest BCUT2D eigenvalue weighted by atomic mass is 16.5. The van der Waals surface area contributed by atoms with Crippen molar-refractivity contribution >= 4 is 0 Å². The monoisotopic (exact) mass is 382 g/mol. The summed E-state index contributed by atoms with van der Waals surface area (Å²) < 4.78 is 22.3. The SMILES string of the molecule is C=CCOCC#CC1CC(CCCc2ccccc2)=C(OC)C(OC)=C1OC. The molecule has 2 rings (SSSR count). The molecular formula is C24H30O4. The van der Waals surface area contributed by atoms with Crippen molar-refractivity contribution in [2.75, 3.05) is 34.5 Å². The molecule has 0 radical (unpaired) electrons. The zero-order valence-corrected chi connectivity index (χ0v) is 17.1. The van der Waals surface area contributed by atoms with Crippen molar-refractivity contribution in [3.05, 3.63) is 71.4 Å². The van der Waals surface area contributed by atoms with Gasteiger partial charge < -0.3 is 18.9 Å². The lowest BCUT2D eigenvalue weighted by atomic mass is 9.87. The fourth-order valence-corrected chi connectivity index (χ4v) is 3.37. The van der Waals surface area contributed by atoms with E-state index in [2.05, 4.69) is 42.7 Å². The molecule has 1 aliphatic rings. The van der Waals surface area contributed by atoms with Gasteiger partial charge in [0.15, 0.2) is 17.3 Å². The van der Waals surface area contributed by atoms with Gasteiger partial charge in [-0.25, -0.2) is 0 Å². The van der Waals surface area contributed by atoms with E-state index in [0.717, 1.165) is 31.4 Å². The molecule has 1 unspecified atom stereocenters. The van der Waals surface area contributed by atoms with Gasteiger partial charge in [0, 0.05) is 0 Å². The van der Waals surface area contributed by atoms with Crippen molar-refractivity contribution in [3.63, 3.8) is 0 Å². The van der Waals surface area contributed by atoms with E-state index < -0.39 is 0 Å². The Hall–Kier alpha value is -2.64. The predicted molar refractivity (Wildman–Crippen MR) is 111 cm³/mol. The van der Waals surface area contributed by atoms with Crippen LogP contribution >= 0.6 is 0 Å². The van der Waals surface area contributed by atoms with Crippen molar-refractivity contribution in [3.8, 4) is 11.8 Å². The molecule has 0 saturated carbocycles. The lowest BCUT2D eigenvalue weighted by Crippen LogP contribution is -2.18. The number of hydrogen-bond donors (Lipinski definition) is 0. The molecule has 0 fully saturated rings. The zero-order valence-electron chi connectivity index (χ0n) is 17.1. The summed E-state index contributed by atoms with van der Waals surface area (Å²) in [4.78, 5) is 0. The van der Waals surface area contributed by atoms with Gasteiger partial charge in [-0.15, -0.1) is 6.58 Å². The van der Waals surface area contributed by atoms with Crippen LogP contribution in [-0.4, -0.2) is 34.5 Å². The van der Waals surface area contributed by atoms with E-state index in [9.17, 15) is 0 Å². The topological polar surface area (TPSA) is 36.9 Å². The van der Waals surface area contributed by atoms with Crippen LogP contribution in [0, 0.1) is 17.8 Å². The largest absolute Gasteiger partial charge is 0.496 e. The van der Waals surface area contributed by atoms with Crippen molar-refractivity contribution in [2.24, 2.45) is 5.92 Å². The van der Waals surface area contributed by atoms with E-state index in [1.165, 1.54) is 11.1 Å². The zero-order chi connectivity index (χ0) is 20.2. The first-order valence-electron chi connectivity index (χ1n) is 9.54. The highest BCUT2D eigenvalue weighted by Crippen LogP contribution is 2.37. The number of rotatable bonds is 10. The Morgan fingerprint density at radius 1 is 1.04 bits per heavy atom. The van der Waals surface area contributed by atoms with Crippen LogP contribution < -0.4 is 0 Å². The summed E-state index contributed by atoms with van der Waals surface area (Å²) in [5, 5.41) is 0. The Kier molecular flexibility index (Phi) is 9.24. The standard InChI is InChI=1S/C24H30O4/c1-5-16-28-17-10-15-21-18-20(14-9-13-19-11-7-6-8-12-19)22(25-2)24(27-4)23(21)26-3/h5-8,11-12,21H,1,9,13-14,16-18H2,2-4H3. The quantitative estimate of drug-likeness (QED) is 0.336. The Morgan fingerprint density at radius 2 is 1.79 bits per heavy atom. The predicted octanol–water partition coefficient (Wildman–Crippen LogP) is 4.64. The lowest BCUT2D eigenvalue weighted by Gasteiger charge is -2.27. The molecule has 150 valence electrons. The normalized spacial score (nSPS) is 16.3. The molecule has 0 N–H and O–H groups in total. The third-order valence-electron chi connectivity index (χ3n) is 4.62. The van der Waals surface area contributed by atoms with Gasteiger partial charge in [-0.3, -0.25) is 0 Å². The molecule has 0 aliphatic heterocycles. The second-order valence-corrected chi connectivity index (χ2v) is 6.46. The summed E-state index contributed by atoms with van der Waals surface area (Å²) in [6.07, 6.45) is 5.46. The Morgan fingerprint density at radius 3 is 2.43 bits per heavy atom. The van der Waals surface area contributed by atoms with Crippen LogP contribution in [0.15, 0.2) is 65.8 Å². The summed E-state index contributed by atoms with van der Waals surface area (Å²) in [6, 6.07) is 10.5. The number of methoxy groups -OCH3 is 3. The summed E-state index contributed by atoms with van der Waals surface area (Å²) in [5.41, 5.74) is 2.55. The highest BCUT2D eigenvalue weighted by Gasteiger charge is 2.31. The molecule has 0 bridgehead atoms. The van der Waals surface area contributed by atoms with E-state index in [1.807, 2.05) is 6.07 Å². The summed E-state index contributed by atoms with van der Waals surface area (Å²) in [7, 11) is 4.96. The van der Waals surface area contributed by atoms with Gasteiger partial charge in [-0.1, -0.05) is 48.2 Å². The Labute approximate surface area is 168 Å². The molecular weight excluding hydrogens is 352 g/mol. The molecule has 28 heavy (non-hydrogen) atoms. The van der Waals surface area contributed by atoms with Gasteiger partial charge in [0.1, 0.15) is 6.61 Å². The van der Waals surface area contributed by atoms with Crippen LogP contribution in [0.25, 0.3) is 0 Å². The molecule has 0 heterocycles. The average Bonchev–Trinajstić information content (AvgIpc) is 2.73. The molecule has 4 heteroatoms. The third-order valence-corrected chi connectivity index (χ3v) is 4.62. The first kappa shape index (κ1) is 21.7. The van der Waals surface area contributed by atoms with Gasteiger partial charge >= 0.3 is 0 Å². The van der Waals surface area contributed by atoms with Crippen molar-refractivity contribution in [2.45, 2.75) is 25.7 Å². The fourth-order valence-electron chi connectivity index (χ4n) is 3.37. The number of aryl methyl sites for hydroxylation is 1. The van der Waals surface area contributed by atoms with Crippen molar-refractivity contribution in [1.82, 2.24) is 0 Å². The second kappa shape index (κ2) is 11.9. The van der Waals surface area contributed by atoms with Crippen LogP contribution in [0.1, 0.15) is 24.8 Å². The van der Waals surface area contributed by atoms with E-state index in [1.54, 1.807) is 27.4 Å². The maximum Gasteiger partial charge on any atom is 0.200 e. The number of allylic oxidation sites excluding steroid dienone is 2. The number of benzene rings is 1. The minimum absolute atomic E-state index is 0.0714. The molecule has 1 aromatic carbocycles. The van der Waals surface area contributed by atoms with Gasteiger partial charge in [-0.05, 0) is 36.8 Å². The minimum Gasteiger partial charge on any atom is -0.496 e. The summed E-state index contributed by atoms with van der Waals surface area (Å²) >= 11 is 0. The maximum absolute atomic E-state index is 5.68. The van der Waals surface area contributed by atoms with Gasteiger partial charge in [0.05, 0.1) is 33.9 Å². The van der Waals surface area contributed by atoms with Crippen molar-refractivity contribution in [1.29, 1.82) is 0 Å². The van der Waals surface area contributed by atoms with Gasteiger partial charge in [0.2, 0.25) is 0 Å². The van der Waals surface area contributed by atoms with E-state index in [4.69, 9.17) is 18.9 Å². The second-order valence-electron chi connectivity index (χ2n) is 6.46. The van der Waals surface area contributed by atoms with Crippen LogP contribution in [-0.2, 0) is 25.4 Å². The van der Waals surface area contributed by atoms with E-state index in [-0.39, 0.29) is 5.92 Å². The van der Waals surface area contributed by atoms with Crippen LogP contribution in [0.2, 0.25) is 0 Å². The number of ether oxygens (including phenoxy) is 4. The highest BCUT2D eigenvalue weighted by molar-refractivity contribution is 5.38. The molecule has 1 aromatic rings. The molecule has 4 nitrogen and oxygen atoms in total. The molecule has 0 saturated heterocycles. The van der Waals surface area contributed by atoms with Gasteiger partial charge in [0.25, 0.3) is 0 Å². The van der Waals surface area contributed by atoms with Crippen LogP contribution in [0.5, 0.6) is 0 Å². The average molecular weight is 383 g/mol. The first-order valence-corrected chi connectivity index (χ1v) is 9.54. The third kappa shape index (κ3) is 5.94. The van der Waals surface area contributed by atoms with Crippen molar-refractivity contribution < 1.29 is 18.9 Å². The lowest BCUT2D eigenvalue weighted by molar-refractivity contribution is 0.160. The number of hydrogen-bond acceptors (Lipinski definition) is 4. The Bertz CT molecular complexity index is 750. The van der Waals surface area contributed by atoms with Gasteiger partial charge in [-0.2, -0.15) is 0 Å². The van der Waals surface area contributed by atoms with Crippen LogP contribution in [0.3, 0.4) is 0 Å². The molecule has 0 amide bonds. The summed E-state index contributed by atoms with van der Waals surface area (Å²) in [6.45, 7) is 4.50. The summed E-state index contributed by atoms with van der Waals surface area (Å²) in [5.74, 6) is 8.39. The van der Waals surface area contributed by atoms with E-state index in [0.29, 0.717) is 24.7 Å². The fraction of sp³-hybridized carbons (Fsp3) is 0.417. The smallest absolute Gasteiger partial charge is 0.200 e. The minimum atomic E-state index is -0.0714.